The molecular formula is C12H16N4O4S2. The van der Waals surface area contributed by atoms with E-state index < -0.39 is 20.0 Å². The lowest BCUT2D eigenvalue weighted by Crippen LogP contribution is -2.23. The molecule has 0 aliphatic carbocycles. The van der Waals surface area contributed by atoms with Crippen LogP contribution in [0.4, 0.5) is 5.69 Å². The van der Waals surface area contributed by atoms with Gasteiger partial charge in [0.2, 0.25) is 10.0 Å². The summed E-state index contributed by atoms with van der Waals surface area (Å²) in [6.45, 7) is 1.65. The molecule has 0 saturated carbocycles. The summed E-state index contributed by atoms with van der Waals surface area (Å²) in [6.07, 6.45) is 1.50. The Morgan fingerprint density at radius 2 is 1.59 bits per heavy atom. The normalized spacial score (nSPS) is 12.3. The number of rotatable bonds is 5. The highest BCUT2D eigenvalue weighted by molar-refractivity contribution is 7.94. The van der Waals surface area contributed by atoms with Crippen LogP contribution in [0.5, 0.6) is 0 Å². The van der Waals surface area contributed by atoms with Crippen molar-refractivity contribution in [1.82, 2.24) is 14.5 Å². The molecule has 10 heteroatoms. The quantitative estimate of drug-likeness (QED) is 0.818. The standard InChI is InChI=1S/C12H16N4O4S2/c1-9-10(8-16(3)14-9)15-22(19,20)12-7-5-4-6-11(12)21(17,18)13-2/h4-8,13,15H,1-3H3. The highest BCUT2D eigenvalue weighted by Gasteiger charge is 2.26. The molecule has 1 heterocycles. The van der Waals surface area contributed by atoms with Gasteiger partial charge in [-0.3, -0.25) is 9.40 Å². The molecule has 2 N–H and O–H groups in total. The van der Waals surface area contributed by atoms with Gasteiger partial charge < -0.3 is 0 Å². The van der Waals surface area contributed by atoms with E-state index in [4.69, 9.17) is 0 Å². The lowest BCUT2D eigenvalue weighted by atomic mass is 10.4. The molecule has 0 aliphatic rings. The van der Waals surface area contributed by atoms with Gasteiger partial charge in [-0.05, 0) is 26.1 Å². The molecule has 8 nitrogen and oxygen atoms in total. The van der Waals surface area contributed by atoms with Gasteiger partial charge in [-0.2, -0.15) is 5.10 Å². The van der Waals surface area contributed by atoms with E-state index in [1.165, 1.54) is 42.2 Å². The van der Waals surface area contributed by atoms with Crippen LogP contribution in [-0.4, -0.2) is 33.7 Å². The third-order valence-corrected chi connectivity index (χ3v) is 5.98. The van der Waals surface area contributed by atoms with Crippen molar-refractivity contribution >= 4 is 25.7 Å². The first kappa shape index (κ1) is 16.5. The minimum Gasteiger partial charge on any atom is -0.276 e. The molecule has 0 bridgehead atoms. The predicted molar refractivity (Wildman–Crippen MR) is 81.4 cm³/mol. The first-order valence-corrected chi connectivity index (χ1v) is 9.19. The van der Waals surface area contributed by atoms with E-state index in [-0.39, 0.29) is 9.79 Å². The first-order chi connectivity index (χ1) is 10.2. The number of hydrogen-bond acceptors (Lipinski definition) is 5. The van der Waals surface area contributed by atoms with Gasteiger partial charge in [0.15, 0.2) is 0 Å². The highest BCUT2D eigenvalue weighted by Crippen LogP contribution is 2.24. The van der Waals surface area contributed by atoms with Crippen molar-refractivity contribution in [3.8, 4) is 0 Å². The minimum atomic E-state index is -4.07. The summed E-state index contributed by atoms with van der Waals surface area (Å²) in [4.78, 5) is -0.640. The first-order valence-electron chi connectivity index (χ1n) is 6.23. The van der Waals surface area contributed by atoms with Gasteiger partial charge in [-0.1, -0.05) is 12.1 Å². The largest absolute Gasteiger partial charge is 0.276 e. The Balaban J connectivity index is 2.54. The zero-order valence-electron chi connectivity index (χ0n) is 12.2. The van der Waals surface area contributed by atoms with Gasteiger partial charge in [-0.25, -0.2) is 21.6 Å². The smallest absolute Gasteiger partial charge is 0.263 e. The predicted octanol–water partition coefficient (Wildman–Crippen LogP) is 0.437. The van der Waals surface area contributed by atoms with Crippen molar-refractivity contribution < 1.29 is 16.8 Å². The van der Waals surface area contributed by atoms with E-state index in [1.807, 2.05) is 0 Å². The number of anilines is 1. The van der Waals surface area contributed by atoms with Crippen LogP contribution in [0.25, 0.3) is 0 Å². The third-order valence-electron chi connectivity index (χ3n) is 2.95. The van der Waals surface area contributed by atoms with Gasteiger partial charge >= 0.3 is 0 Å². The van der Waals surface area contributed by atoms with Crippen molar-refractivity contribution in [3.05, 3.63) is 36.2 Å². The van der Waals surface area contributed by atoms with Crippen molar-refractivity contribution in [3.63, 3.8) is 0 Å². The molecule has 2 rings (SSSR count). The summed E-state index contributed by atoms with van der Waals surface area (Å²) < 4.78 is 54.9. The second-order valence-corrected chi connectivity index (χ2v) is 8.07. The van der Waals surface area contributed by atoms with Crippen LogP contribution in [0.3, 0.4) is 0 Å². The van der Waals surface area contributed by atoms with E-state index in [2.05, 4.69) is 14.5 Å². The van der Waals surface area contributed by atoms with Crippen LogP contribution >= 0.6 is 0 Å². The number of hydrogen-bond donors (Lipinski definition) is 2. The summed E-state index contributed by atoms with van der Waals surface area (Å²) in [7, 11) is -5.09. The Kier molecular flexibility index (Phi) is 4.27. The number of benzene rings is 1. The molecule has 0 fully saturated rings. The maximum atomic E-state index is 12.5. The number of aryl methyl sites for hydroxylation is 2. The van der Waals surface area contributed by atoms with E-state index in [0.29, 0.717) is 11.4 Å². The van der Waals surface area contributed by atoms with Crippen molar-refractivity contribution in [2.24, 2.45) is 7.05 Å². The van der Waals surface area contributed by atoms with E-state index >= 15 is 0 Å². The molecule has 0 atom stereocenters. The monoisotopic (exact) mass is 344 g/mol. The van der Waals surface area contributed by atoms with Crippen LogP contribution in [-0.2, 0) is 27.1 Å². The van der Waals surface area contributed by atoms with Gasteiger partial charge in [-0.15, -0.1) is 0 Å². The topological polar surface area (TPSA) is 110 Å². The highest BCUT2D eigenvalue weighted by atomic mass is 32.2. The number of nitrogens with zero attached hydrogens (tertiary/aromatic N) is 2. The molecule has 2 aromatic rings. The molecular weight excluding hydrogens is 328 g/mol. The van der Waals surface area contributed by atoms with Gasteiger partial charge in [0.05, 0.1) is 11.4 Å². The van der Waals surface area contributed by atoms with Crippen LogP contribution in [0.15, 0.2) is 40.3 Å². The van der Waals surface area contributed by atoms with Crippen molar-refractivity contribution in [1.29, 1.82) is 0 Å². The van der Waals surface area contributed by atoms with Crippen molar-refractivity contribution in [2.75, 3.05) is 11.8 Å². The molecule has 1 aromatic heterocycles. The molecule has 22 heavy (non-hydrogen) atoms. The minimum absolute atomic E-state index is 0.291. The number of aromatic nitrogens is 2. The molecule has 0 amide bonds. The zero-order chi connectivity index (χ0) is 16.5. The Hall–Kier alpha value is -1.91. The zero-order valence-corrected chi connectivity index (χ0v) is 13.9. The maximum Gasteiger partial charge on any atom is 0.263 e. The Morgan fingerprint density at radius 3 is 2.05 bits per heavy atom. The van der Waals surface area contributed by atoms with Crippen molar-refractivity contribution in [2.45, 2.75) is 16.7 Å². The van der Waals surface area contributed by atoms with Gasteiger partial charge in [0, 0.05) is 13.2 Å². The van der Waals surface area contributed by atoms with Crippen LogP contribution in [0.2, 0.25) is 0 Å². The second-order valence-electron chi connectivity index (χ2n) is 4.56. The van der Waals surface area contributed by atoms with Gasteiger partial charge in [0.25, 0.3) is 10.0 Å². The fourth-order valence-electron chi connectivity index (χ4n) is 1.90. The van der Waals surface area contributed by atoms with E-state index in [9.17, 15) is 16.8 Å². The van der Waals surface area contributed by atoms with Crippen LogP contribution < -0.4 is 9.44 Å². The molecule has 0 spiro atoms. The fraction of sp³-hybridized carbons (Fsp3) is 0.250. The Bertz CT molecular complexity index is 901. The SMILES string of the molecule is CNS(=O)(=O)c1ccccc1S(=O)(=O)Nc1cn(C)nc1C. The molecule has 0 radical (unpaired) electrons. The average molecular weight is 344 g/mol. The Labute approximate surface area is 129 Å². The summed E-state index contributed by atoms with van der Waals surface area (Å²) in [5.74, 6) is 0. The molecule has 120 valence electrons. The average Bonchev–Trinajstić information content (AvgIpc) is 2.76. The van der Waals surface area contributed by atoms with E-state index in [0.717, 1.165) is 0 Å². The summed E-state index contributed by atoms with van der Waals surface area (Å²) in [5.41, 5.74) is 0.777. The third kappa shape index (κ3) is 3.13. The lowest BCUT2D eigenvalue weighted by Gasteiger charge is -2.11. The van der Waals surface area contributed by atoms with Crippen LogP contribution in [0.1, 0.15) is 5.69 Å². The molecule has 0 unspecified atom stereocenters. The summed E-state index contributed by atoms with van der Waals surface area (Å²) >= 11 is 0. The summed E-state index contributed by atoms with van der Waals surface area (Å²) in [6, 6.07) is 5.38. The second kappa shape index (κ2) is 5.71. The lowest BCUT2D eigenvalue weighted by molar-refractivity contribution is 0.579. The molecule has 0 aliphatic heterocycles. The molecule has 1 aromatic carbocycles. The number of sulfonamides is 2. The Morgan fingerprint density at radius 1 is 1.05 bits per heavy atom. The fourth-order valence-corrected chi connectivity index (χ4v) is 4.56. The summed E-state index contributed by atoms with van der Waals surface area (Å²) in [5, 5.41) is 4.04. The van der Waals surface area contributed by atoms with Crippen LogP contribution in [0, 0.1) is 6.92 Å². The maximum absolute atomic E-state index is 12.5. The molecule has 0 saturated heterocycles. The number of nitrogens with one attached hydrogen (secondary N) is 2. The van der Waals surface area contributed by atoms with E-state index in [1.54, 1.807) is 14.0 Å². The van der Waals surface area contributed by atoms with Gasteiger partial charge in [0.1, 0.15) is 9.79 Å².